The number of nitrogens with two attached hydrogens (primary N) is 1. The molecule has 0 aliphatic rings. The minimum atomic E-state index is 0.0694. The lowest BCUT2D eigenvalue weighted by Gasteiger charge is -2.00. The smallest absolute Gasteiger partial charge is 0.220 e. The quantitative estimate of drug-likeness (QED) is 0.351. The van der Waals surface area contributed by atoms with Gasteiger partial charge < -0.3 is 11.1 Å². The molecule has 0 saturated carbocycles. The van der Waals surface area contributed by atoms with Crippen molar-refractivity contribution in [3.8, 4) is 0 Å². The Morgan fingerprint density at radius 3 is 1.52 bits per heavy atom. The lowest BCUT2D eigenvalue weighted by atomic mass is 10.2. The van der Waals surface area contributed by atoms with Crippen molar-refractivity contribution >= 4 is 5.91 Å². The van der Waals surface area contributed by atoms with Gasteiger partial charge in [0.25, 0.3) is 0 Å². The van der Waals surface area contributed by atoms with Crippen LogP contribution in [0.3, 0.4) is 0 Å². The van der Waals surface area contributed by atoms with E-state index in [0.29, 0.717) is 19.5 Å². The molecule has 0 heterocycles. The Labute approximate surface area is 166 Å². The third-order valence-electron chi connectivity index (χ3n) is 3.60. The molecule has 0 radical (unpaired) electrons. The molecule has 3 nitrogen and oxygen atoms in total. The molecule has 1 amide bonds. The second-order valence-electron chi connectivity index (χ2n) is 6.09. The van der Waals surface area contributed by atoms with Crippen LogP contribution in [-0.2, 0) is 4.79 Å². The summed E-state index contributed by atoms with van der Waals surface area (Å²) in [7, 11) is 0. The number of carbonyl (C=O) groups excluding carboxylic acids is 1. The van der Waals surface area contributed by atoms with Gasteiger partial charge in [0.2, 0.25) is 5.91 Å². The maximum Gasteiger partial charge on any atom is 0.220 e. The van der Waals surface area contributed by atoms with E-state index < -0.39 is 0 Å². The zero-order valence-corrected chi connectivity index (χ0v) is 17.0. The molecule has 0 aliphatic carbocycles. The number of allylic oxidation sites excluding steroid dienone is 12. The SMILES string of the molecule is CCC=CCC=CCC=CCC=CCC=CCC=CCCC(=O)NCCN. The topological polar surface area (TPSA) is 55.1 Å². The van der Waals surface area contributed by atoms with Crippen LogP contribution >= 0.6 is 0 Å². The van der Waals surface area contributed by atoms with Crippen molar-refractivity contribution in [2.75, 3.05) is 13.1 Å². The second kappa shape index (κ2) is 21.9. The van der Waals surface area contributed by atoms with Crippen molar-refractivity contribution in [3.05, 3.63) is 72.9 Å². The summed E-state index contributed by atoms with van der Waals surface area (Å²) >= 11 is 0. The summed E-state index contributed by atoms with van der Waals surface area (Å²) in [5, 5.41) is 2.76. The Balaban J connectivity index is 3.54. The van der Waals surface area contributed by atoms with Crippen molar-refractivity contribution < 1.29 is 4.79 Å². The van der Waals surface area contributed by atoms with Gasteiger partial charge in [-0.05, 0) is 44.9 Å². The predicted molar refractivity (Wildman–Crippen MR) is 120 cm³/mol. The average Bonchev–Trinajstić information content (AvgIpc) is 2.68. The van der Waals surface area contributed by atoms with Crippen LogP contribution in [0.2, 0.25) is 0 Å². The lowest BCUT2D eigenvalue weighted by molar-refractivity contribution is -0.120. The fraction of sp³-hybridized carbons (Fsp3) is 0.458. The molecule has 150 valence electrons. The van der Waals surface area contributed by atoms with Gasteiger partial charge in [0.05, 0.1) is 0 Å². The molecule has 0 spiro atoms. The van der Waals surface area contributed by atoms with Gasteiger partial charge in [0, 0.05) is 19.5 Å². The Kier molecular flexibility index (Phi) is 20.2. The fourth-order valence-electron chi connectivity index (χ4n) is 2.15. The van der Waals surface area contributed by atoms with E-state index in [2.05, 4.69) is 85.2 Å². The Morgan fingerprint density at radius 2 is 1.11 bits per heavy atom. The van der Waals surface area contributed by atoms with Crippen molar-refractivity contribution in [3.63, 3.8) is 0 Å². The summed E-state index contributed by atoms with van der Waals surface area (Å²) in [6.07, 6.45) is 33.5. The molecule has 0 saturated heterocycles. The van der Waals surface area contributed by atoms with Crippen molar-refractivity contribution in [2.45, 2.75) is 58.3 Å². The number of hydrogen-bond acceptors (Lipinski definition) is 2. The Bertz CT molecular complexity index is 510. The van der Waals surface area contributed by atoms with Crippen LogP contribution in [-0.4, -0.2) is 19.0 Å². The minimum Gasteiger partial charge on any atom is -0.355 e. The van der Waals surface area contributed by atoms with Gasteiger partial charge in [-0.2, -0.15) is 0 Å². The van der Waals surface area contributed by atoms with Crippen molar-refractivity contribution in [1.29, 1.82) is 0 Å². The molecule has 3 heteroatoms. The molecule has 0 atom stereocenters. The molecule has 0 aromatic carbocycles. The molecule has 27 heavy (non-hydrogen) atoms. The van der Waals surface area contributed by atoms with Crippen molar-refractivity contribution in [1.82, 2.24) is 5.32 Å². The van der Waals surface area contributed by atoms with Gasteiger partial charge in [-0.1, -0.05) is 79.8 Å². The summed E-state index contributed by atoms with van der Waals surface area (Å²) in [5.74, 6) is 0.0694. The molecule has 0 rings (SSSR count). The van der Waals surface area contributed by atoms with Crippen LogP contribution in [0.25, 0.3) is 0 Å². The van der Waals surface area contributed by atoms with E-state index >= 15 is 0 Å². The first kappa shape index (κ1) is 24.9. The zero-order chi connectivity index (χ0) is 19.8. The first-order chi connectivity index (χ1) is 13.3. The van der Waals surface area contributed by atoms with Crippen molar-refractivity contribution in [2.24, 2.45) is 5.73 Å². The van der Waals surface area contributed by atoms with E-state index in [0.717, 1.165) is 44.9 Å². The standard InChI is InChI=1S/C24H38N2O/c1-2-3-4-5-6-7-8-9-10-11-12-13-14-15-16-17-18-19-20-21-24(27)26-23-22-25/h3-4,6-7,9-10,12-13,15-16,18-19H,2,5,8,11,14,17,20-23,25H2,1H3,(H,26,27). The summed E-state index contributed by atoms with van der Waals surface area (Å²) in [6, 6.07) is 0. The first-order valence-corrected chi connectivity index (χ1v) is 10.2. The molecule has 3 N–H and O–H groups in total. The van der Waals surface area contributed by atoms with Gasteiger partial charge in [-0.25, -0.2) is 0 Å². The molecule has 0 bridgehead atoms. The molecule has 0 aliphatic heterocycles. The van der Waals surface area contributed by atoms with Gasteiger partial charge in [0.1, 0.15) is 0 Å². The highest BCUT2D eigenvalue weighted by molar-refractivity contribution is 5.75. The van der Waals surface area contributed by atoms with Crippen LogP contribution in [0.15, 0.2) is 72.9 Å². The number of rotatable bonds is 16. The Hall–Kier alpha value is -2.13. The van der Waals surface area contributed by atoms with Crippen LogP contribution < -0.4 is 11.1 Å². The summed E-state index contributed by atoms with van der Waals surface area (Å²) in [6.45, 7) is 3.20. The lowest BCUT2D eigenvalue weighted by Crippen LogP contribution is -2.28. The predicted octanol–water partition coefficient (Wildman–Crippen LogP) is 5.54. The van der Waals surface area contributed by atoms with Gasteiger partial charge in [-0.3, -0.25) is 4.79 Å². The van der Waals surface area contributed by atoms with Gasteiger partial charge >= 0.3 is 0 Å². The molecule has 0 unspecified atom stereocenters. The van der Waals surface area contributed by atoms with Gasteiger partial charge in [-0.15, -0.1) is 0 Å². The fourth-order valence-corrected chi connectivity index (χ4v) is 2.15. The maximum absolute atomic E-state index is 11.4. The highest BCUT2D eigenvalue weighted by atomic mass is 16.1. The van der Waals surface area contributed by atoms with E-state index in [9.17, 15) is 4.79 Å². The molecular formula is C24H38N2O. The third kappa shape index (κ3) is 21.8. The summed E-state index contributed by atoms with van der Waals surface area (Å²) < 4.78 is 0. The van der Waals surface area contributed by atoms with E-state index in [-0.39, 0.29) is 5.91 Å². The highest BCUT2D eigenvalue weighted by Crippen LogP contribution is 1.97. The molecule has 0 aromatic heterocycles. The largest absolute Gasteiger partial charge is 0.355 e. The minimum absolute atomic E-state index is 0.0694. The third-order valence-corrected chi connectivity index (χ3v) is 3.60. The van der Waals surface area contributed by atoms with Crippen LogP contribution in [0.1, 0.15) is 58.3 Å². The summed E-state index contributed by atoms with van der Waals surface area (Å²) in [4.78, 5) is 11.4. The van der Waals surface area contributed by atoms with Crippen LogP contribution in [0.4, 0.5) is 0 Å². The van der Waals surface area contributed by atoms with Crippen LogP contribution in [0.5, 0.6) is 0 Å². The molecule has 0 fully saturated rings. The normalized spacial score (nSPS) is 12.8. The van der Waals surface area contributed by atoms with Crippen LogP contribution in [0, 0.1) is 0 Å². The van der Waals surface area contributed by atoms with E-state index in [1.165, 1.54) is 0 Å². The molecular weight excluding hydrogens is 332 g/mol. The van der Waals surface area contributed by atoms with E-state index in [1.54, 1.807) is 0 Å². The highest BCUT2D eigenvalue weighted by Gasteiger charge is 1.96. The number of carbonyl (C=O) groups is 1. The van der Waals surface area contributed by atoms with Gasteiger partial charge in [0.15, 0.2) is 0 Å². The molecule has 0 aromatic rings. The average molecular weight is 371 g/mol. The zero-order valence-electron chi connectivity index (χ0n) is 17.0. The maximum atomic E-state index is 11.4. The second-order valence-corrected chi connectivity index (χ2v) is 6.09. The van der Waals surface area contributed by atoms with E-state index in [4.69, 9.17) is 5.73 Å². The summed E-state index contributed by atoms with van der Waals surface area (Å²) in [5.41, 5.74) is 5.33. The number of amides is 1. The van der Waals surface area contributed by atoms with E-state index in [1.807, 2.05) is 0 Å². The Morgan fingerprint density at radius 1 is 0.704 bits per heavy atom. The number of hydrogen-bond donors (Lipinski definition) is 2. The monoisotopic (exact) mass is 370 g/mol. The first-order valence-electron chi connectivity index (χ1n) is 10.2. The number of nitrogens with one attached hydrogen (secondary N) is 1.